The van der Waals surface area contributed by atoms with Crippen LogP contribution in [0.25, 0.3) is 10.8 Å². The van der Waals surface area contributed by atoms with Crippen molar-refractivity contribution in [3.8, 4) is 0 Å². The van der Waals surface area contributed by atoms with Gasteiger partial charge in [0.1, 0.15) is 4.90 Å². The van der Waals surface area contributed by atoms with Crippen LogP contribution in [0.2, 0.25) is 5.02 Å². The number of benzene rings is 2. The molecule has 0 unspecified atom stereocenters. The molecule has 3 rings (SSSR count). The summed E-state index contributed by atoms with van der Waals surface area (Å²) in [5, 5.41) is 7.74. The van der Waals surface area contributed by atoms with Gasteiger partial charge in [0.25, 0.3) is 0 Å². The maximum Gasteiger partial charge on any atom is 0.240 e. The summed E-state index contributed by atoms with van der Waals surface area (Å²) < 4.78 is 23.7. The molecule has 0 bridgehead atoms. The number of sulfonamides is 1. The molecular formula is C14H15ClN2O2S. The number of rotatable bonds is 2. The zero-order chi connectivity index (χ0) is 14.3. The molecule has 1 fully saturated rings. The molecule has 6 heteroatoms. The second kappa shape index (κ2) is 4.91. The number of fused-ring (bicyclic) bond motifs is 1. The quantitative estimate of drug-likeness (QED) is 0.927. The SMILES string of the molecule is NS(=O)(=O)c1cc2ccc(Cl)cc2cc1N1CCCC1. The Balaban J connectivity index is 2.28. The molecule has 2 aromatic rings. The number of hydrogen-bond acceptors (Lipinski definition) is 3. The molecule has 1 aliphatic rings. The molecule has 0 aromatic heterocycles. The number of primary sulfonamides is 1. The largest absolute Gasteiger partial charge is 0.370 e. The van der Waals surface area contributed by atoms with Crippen LogP contribution in [0.5, 0.6) is 0 Å². The topological polar surface area (TPSA) is 63.4 Å². The molecule has 1 heterocycles. The smallest absolute Gasteiger partial charge is 0.240 e. The van der Waals surface area contributed by atoms with Gasteiger partial charge < -0.3 is 4.90 Å². The first-order chi connectivity index (χ1) is 9.45. The van der Waals surface area contributed by atoms with Crippen molar-refractivity contribution in [1.82, 2.24) is 0 Å². The van der Waals surface area contributed by atoms with E-state index in [0.29, 0.717) is 10.7 Å². The number of hydrogen-bond donors (Lipinski definition) is 1. The maximum absolute atomic E-state index is 11.8. The molecule has 1 aliphatic heterocycles. The van der Waals surface area contributed by atoms with Crippen molar-refractivity contribution in [2.75, 3.05) is 18.0 Å². The van der Waals surface area contributed by atoms with Crippen LogP contribution >= 0.6 is 11.6 Å². The normalized spacial score (nSPS) is 16.0. The van der Waals surface area contributed by atoms with E-state index >= 15 is 0 Å². The van der Waals surface area contributed by atoms with Gasteiger partial charge >= 0.3 is 0 Å². The van der Waals surface area contributed by atoms with Crippen LogP contribution in [-0.2, 0) is 10.0 Å². The second-order valence-electron chi connectivity index (χ2n) is 5.05. The van der Waals surface area contributed by atoms with Gasteiger partial charge in [0.15, 0.2) is 0 Å². The van der Waals surface area contributed by atoms with E-state index in [2.05, 4.69) is 4.90 Å². The summed E-state index contributed by atoms with van der Waals surface area (Å²) in [6.45, 7) is 1.71. The molecule has 20 heavy (non-hydrogen) atoms. The average Bonchev–Trinajstić information content (AvgIpc) is 2.89. The second-order valence-corrected chi connectivity index (χ2v) is 7.02. The predicted molar refractivity (Wildman–Crippen MR) is 81.8 cm³/mol. The molecule has 2 N–H and O–H groups in total. The molecular weight excluding hydrogens is 296 g/mol. The third kappa shape index (κ3) is 2.49. The maximum atomic E-state index is 11.8. The summed E-state index contributed by atoms with van der Waals surface area (Å²) in [4.78, 5) is 2.26. The van der Waals surface area contributed by atoms with E-state index in [1.807, 2.05) is 12.1 Å². The lowest BCUT2D eigenvalue weighted by Crippen LogP contribution is -2.23. The number of halogens is 1. The fourth-order valence-corrected chi connectivity index (χ4v) is 3.62. The number of anilines is 1. The van der Waals surface area contributed by atoms with Crippen molar-refractivity contribution < 1.29 is 8.42 Å². The van der Waals surface area contributed by atoms with E-state index in [4.69, 9.17) is 16.7 Å². The summed E-state index contributed by atoms with van der Waals surface area (Å²) in [7, 11) is -3.75. The first-order valence-electron chi connectivity index (χ1n) is 6.46. The molecule has 4 nitrogen and oxygen atoms in total. The van der Waals surface area contributed by atoms with E-state index < -0.39 is 10.0 Å². The Bertz CT molecular complexity index is 768. The Morgan fingerprint density at radius 3 is 2.40 bits per heavy atom. The first kappa shape index (κ1) is 13.7. The Labute approximate surface area is 123 Å². The van der Waals surface area contributed by atoms with E-state index in [1.165, 1.54) is 0 Å². The van der Waals surface area contributed by atoms with Gasteiger partial charge in [-0.1, -0.05) is 17.7 Å². The fraction of sp³-hybridized carbons (Fsp3) is 0.286. The van der Waals surface area contributed by atoms with Crippen LogP contribution in [-0.4, -0.2) is 21.5 Å². The van der Waals surface area contributed by atoms with Crippen LogP contribution in [0.3, 0.4) is 0 Å². The third-order valence-corrected chi connectivity index (χ3v) is 4.81. The molecule has 0 atom stereocenters. The van der Waals surface area contributed by atoms with Crippen molar-refractivity contribution in [3.05, 3.63) is 35.4 Å². The molecule has 1 saturated heterocycles. The minimum atomic E-state index is -3.75. The average molecular weight is 311 g/mol. The first-order valence-corrected chi connectivity index (χ1v) is 8.39. The highest BCUT2D eigenvalue weighted by Crippen LogP contribution is 2.33. The van der Waals surface area contributed by atoms with Crippen LogP contribution < -0.4 is 10.0 Å². The van der Waals surface area contributed by atoms with Crippen LogP contribution in [0.1, 0.15) is 12.8 Å². The lowest BCUT2D eigenvalue weighted by molar-refractivity contribution is 0.597. The van der Waals surface area contributed by atoms with Gasteiger partial charge in [0.05, 0.1) is 5.69 Å². The van der Waals surface area contributed by atoms with E-state index in [0.717, 1.165) is 36.7 Å². The van der Waals surface area contributed by atoms with Crippen molar-refractivity contribution in [1.29, 1.82) is 0 Å². The summed E-state index contributed by atoms with van der Waals surface area (Å²) in [6.07, 6.45) is 2.13. The minimum absolute atomic E-state index is 0.189. The van der Waals surface area contributed by atoms with Gasteiger partial charge in [-0.25, -0.2) is 13.6 Å². The summed E-state index contributed by atoms with van der Waals surface area (Å²) in [5.41, 5.74) is 0.680. The van der Waals surface area contributed by atoms with Crippen molar-refractivity contribution in [2.24, 2.45) is 5.14 Å². The monoisotopic (exact) mass is 310 g/mol. The third-order valence-electron chi connectivity index (χ3n) is 3.63. The number of nitrogens with zero attached hydrogens (tertiary/aromatic N) is 1. The Morgan fingerprint density at radius 2 is 1.75 bits per heavy atom. The summed E-state index contributed by atoms with van der Waals surface area (Å²) >= 11 is 6.00. The van der Waals surface area contributed by atoms with Crippen molar-refractivity contribution in [2.45, 2.75) is 17.7 Å². The van der Waals surface area contributed by atoms with Crippen molar-refractivity contribution in [3.63, 3.8) is 0 Å². The Kier molecular flexibility index (Phi) is 3.36. The van der Waals surface area contributed by atoms with Gasteiger partial charge in [-0.05, 0) is 47.9 Å². The number of nitrogens with two attached hydrogens (primary N) is 1. The zero-order valence-corrected chi connectivity index (χ0v) is 12.4. The Hall–Kier alpha value is -1.30. The Morgan fingerprint density at radius 1 is 1.05 bits per heavy atom. The lowest BCUT2D eigenvalue weighted by Gasteiger charge is -2.21. The minimum Gasteiger partial charge on any atom is -0.370 e. The molecule has 0 aliphatic carbocycles. The van der Waals surface area contributed by atoms with E-state index in [9.17, 15) is 8.42 Å². The molecule has 0 radical (unpaired) electrons. The van der Waals surface area contributed by atoms with Gasteiger partial charge in [-0.2, -0.15) is 0 Å². The highest BCUT2D eigenvalue weighted by atomic mass is 35.5. The molecule has 106 valence electrons. The van der Waals surface area contributed by atoms with Crippen LogP contribution in [0.15, 0.2) is 35.2 Å². The molecule has 0 spiro atoms. The molecule has 2 aromatic carbocycles. The molecule has 0 saturated carbocycles. The van der Waals surface area contributed by atoms with Crippen molar-refractivity contribution >= 4 is 38.1 Å². The van der Waals surface area contributed by atoms with E-state index in [1.54, 1.807) is 18.2 Å². The van der Waals surface area contributed by atoms with Gasteiger partial charge in [0, 0.05) is 18.1 Å². The van der Waals surface area contributed by atoms with Gasteiger partial charge in [-0.15, -0.1) is 0 Å². The van der Waals surface area contributed by atoms with Gasteiger partial charge in [-0.3, -0.25) is 0 Å². The predicted octanol–water partition coefficient (Wildman–Crippen LogP) is 2.74. The summed E-state index contributed by atoms with van der Waals surface area (Å²) in [6, 6.07) is 8.89. The fourth-order valence-electron chi connectivity index (χ4n) is 2.67. The highest BCUT2D eigenvalue weighted by molar-refractivity contribution is 7.89. The summed E-state index contributed by atoms with van der Waals surface area (Å²) in [5.74, 6) is 0. The zero-order valence-electron chi connectivity index (χ0n) is 10.8. The van der Waals surface area contributed by atoms with Crippen LogP contribution in [0, 0.1) is 0 Å². The van der Waals surface area contributed by atoms with Crippen LogP contribution in [0.4, 0.5) is 5.69 Å². The molecule has 0 amide bonds. The lowest BCUT2D eigenvalue weighted by atomic mass is 10.1. The highest BCUT2D eigenvalue weighted by Gasteiger charge is 2.22. The standard InChI is InChI=1S/C14H15ClN2O2S/c15-12-4-3-10-9-14(20(16,18)19)13(8-11(10)7-12)17-5-1-2-6-17/h3-4,7-9H,1-2,5-6H2,(H2,16,18,19). The van der Waals surface area contributed by atoms with E-state index in [-0.39, 0.29) is 4.90 Å². The van der Waals surface area contributed by atoms with Gasteiger partial charge in [0.2, 0.25) is 10.0 Å².